The maximum absolute atomic E-state index is 13.5. The zero-order valence-electron chi connectivity index (χ0n) is 33.0. The van der Waals surface area contributed by atoms with Crippen LogP contribution in [0.1, 0.15) is 26.7 Å². The molecule has 2 aliphatic heterocycles. The molecule has 0 saturated carbocycles. The Balaban J connectivity index is 1.51. The van der Waals surface area contributed by atoms with Crippen molar-refractivity contribution in [2.45, 2.75) is 99.2 Å². The molecular formula is C38H46N2O22. The lowest BCUT2D eigenvalue weighted by Gasteiger charge is -2.46. The van der Waals surface area contributed by atoms with E-state index in [1.807, 2.05) is 0 Å². The van der Waals surface area contributed by atoms with Gasteiger partial charge in [0.05, 0.1) is 57.5 Å². The lowest BCUT2D eigenvalue weighted by atomic mass is 9.88. The summed E-state index contributed by atoms with van der Waals surface area (Å²) in [5.74, 6) is -13.2. The Morgan fingerprint density at radius 3 is 1.68 bits per heavy atom. The molecular weight excluding hydrogens is 836 g/mol. The summed E-state index contributed by atoms with van der Waals surface area (Å²) in [5.41, 5.74) is -1.27. The summed E-state index contributed by atoms with van der Waals surface area (Å²) in [5, 5.41) is 118. The lowest BCUT2D eigenvalue weighted by Crippen LogP contribution is -2.68. The summed E-state index contributed by atoms with van der Waals surface area (Å²) in [6.45, 7) is 0.0931. The van der Waals surface area contributed by atoms with Crippen LogP contribution in [0.2, 0.25) is 0 Å². The number of amides is 2. The van der Waals surface area contributed by atoms with E-state index in [0.717, 1.165) is 33.1 Å². The van der Waals surface area contributed by atoms with E-state index in [9.17, 15) is 80.1 Å². The number of hydrogen-bond donors (Lipinski definition) is 13. The molecule has 2 fully saturated rings. The van der Waals surface area contributed by atoms with Crippen LogP contribution in [0.5, 0.6) is 23.0 Å². The Morgan fingerprint density at radius 1 is 0.790 bits per heavy atom. The van der Waals surface area contributed by atoms with Crippen molar-refractivity contribution in [2.75, 3.05) is 20.3 Å². The minimum atomic E-state index is -2.96. The molecule has 2 saturated heterocycles. The van der Waals surface area contributed by atoms with Gasteiger partial charge >= 0.3 is 23.5 Å². The largest absolute Gasteiger partial charge is 0.507 e. The smallest absolute Gasteiger partial charge is 0.377 e. The first kappa shape index (κ1) is 47.4. The van der Waals surface area contributed by atoms with Gasteiger partial charge in [0, 0.05) is 31.5 Å². The first-order valence-electron chi connectivity index (χ1n) is 18.7. The van der Waals surface area contributed by atoms with Crippen molar-refractivity contribution < 1.29 is 103 Å². The molecule has 12 atom stereocenters. The number of aliphatic hydroxyl groups is 8. The fourth-order valence-corrected chi connectivity index (χ4v) is 7.20. The quantitative estimate of drug-likeness (QED) is 0.0657. The molecule has 1 aromatic heterocycles. The van der Waals surface area contributed by atoms with E-state index in [4.69, 9.17) is 28.1 Å². The van der Waals surface area contributed by atoms with Gasteiger partial charge in [0.2, 0.25) is 17.6 Å². The first-order chi connectivity index (χ1) is 29.1. The van der Waals surface area contributed by atoms with Crippen LogP contribution >= 0.6 is 0 Å². The van der Waals surface area contributed by atoms with E-state index in [1.165, 1.54) is 24.3 Å². The van der Waals surface area contributed by atoms with Crippen LogP contribution in [0.3, 0.4) is 0 Å². The lowest BCUT2D eigenvalue weighted by molar-refractivity contribution is -0.284. The van der Waals surface area contributed by atoms with E-state index < -0.39 is 156 Å². The van der Waals surface area contributed by atoms with Crippen LogP contribution in [0.25, 0.3) is 22.3 Å². The summed E-state index contributed by atoms with van der Waals surface area (Å²) >= 11 is 0. The normalized spacial score (nSPS) is 28.2. The van der Waals surface area contributed by atoms with Crippen molar-refractivity contribution in [3.63, 3.8) is 0 Å². The molecule has 2 amide bonds. The van der Waals surface area contributed by atoms with Crippen molar-refractivity contribution in [1.82, 2.24) is 10.6 Å². The third-order valence-corrected chi connectivity index (χ3v) is 10.2. The number of aromatic hydroxyl groups is 1. The molecule has 5 rings (SSSR count). The molecule has 340 valence electrons. The summed E-state index contributed by atoms with van der Waals surface area (Å²) in [6.07, 6.45) is -17.0. The van der Waals surface area contributed by atoms with Crippen LogP contribution in [-0.4, -0.2) is 173 Å². The minimum absolute atomic E-state index is 0.104. The number of nitrogens with one attached hydrogen (secondary N) is 2. The number of ether oxygens (including phenoxy) is 5. The van der Waals surface area contributed by atoms with Gasteiger partial charge in [-0.1, -0.05) is 0 Å². The van der Waals surface area contributed by atoms with E-state index in [-0.39, 0.29) is 17.1 Å². The van der Waals surface area contributed by atoms with Gasteiger partial charge in [-0.3, -0.25) is 14.4 Å². The third-order valence-electron chi connectivity index (χ3n) is 10.2. The fraction of sp³-hybridized carbons (Fsp3) is 0.500. The van der Waals surface area contributed by atoms with Gasteiger partial charge < -0.3 is 94.9 Å². The van der Waals surface area contributed by atoms with E-state index in [0.29, 0.717) is 0 Å². The number of phenolic OH excluding ortho intramolecular Hbond substituents is 1. The van der Waals surface area contributed by atoms with Crippen LogP contribution in [0.4, 0.5) is 0 Å². The van der Waals surface area contributed by atoms with Crippen LogP contribution in [-0.2, 0) is 28.7 Å². The Hall–Kier alpha value is -5.67. The second kappa shape index (κ2) is 18.7. The number of methoxy groups -OCH3 is 1. The molecule has 0 aliphatic carbocycles. The summed E-state index contributed by atoms with van der Waals surface area (Å²) in [4.78, 5) is 62.7. The number of rotatable bonds is 16. The zero-order valence-corrected chi connectivity index (χ0v) is 33.0. The maximum Gasteiger partial charge on any atom is 0.377 e. The fourth-order valence-electron chi connectivity index (χ4n) is 7.20. The third kappa shape index (κ3) is 9.38. The molecule has 0 spiro atoms. The first-order valence-corrected chi connectivity index (χ1v) is 18.7. The second-order valence-corrected chi connectivity index (χ2v) is 14.6. The van der Waals surface area contributed by atoms with Crippen LogP contribution < -0.4 is 30.3 Å². The number of carbonyl (C=O) groups excluding carboxylic acids is 2. The molecule has 62 heavy (non-hydrogen) atoms. The molecule has 2 aromatic carbocycles. The average molecular weight is 883 g/mol. The predicted molar refractivity (Wildman–Crippen MR) is 203 cm³/mol. The van der Waals surface area contributed by atoms with E-state index >= 15 is 0 Å². The number of carbonyl (C=O) groups is 4. The average Bonchev–Trinajstić information content (AvgIpc) is 3.21. The molecule has 3 heterocycles. The summed E-state index contributed by atoms with van der Waals surface area (Å²) in [7, 11) is 1.06. The topological polar surface area (TPSA) is 391 Å². The van der Waals surface area contributed by atoms with Gasteiger partial charge in [-0.25, -0.2) is 9.59 Å². The zero-order chi connectivity index (χ0) is 46.0. The van der Waals surface area contributed by atoms with Gasteiger partial charge in [0.15, 0.2) is 16.8 Å². The predicted octanol–water partition coefficient (Wildman–Crippen LogP) is -3.77. The Labute approximate surface area is 349 Å². The Morgan fingerprint density at radius 2 is 1.26 bits per heavy atom. The number of carboxylic acids is 2. The van der Waals surface area contributed by atoms with Crippen LogP contribution in [0.15, 0.2) is 45.6 Å². The highest BCUT2D eigenvalue weighted by molar-refractivity contribution is 5.92. The van der Waals surface area contributed by atoms with E-state index in [2.05, 4.69) is 10.6 Å². The molecule has 3 aromatic rings. The van der Waals surface area contributed by atoms with Crippen LogP contribution in [0, 0.1) is 0 Å². The van der Waals surface area contributed by atoms with Crippen molar-refractivity contribution in [1.29, 1.82) is 0 Å². The number of hydrogen-bond acceptors (Lipinski definition) is 20. The molecule has 0 radical (unpaired) electrons. The standard InChI is InChI=1S/C38H46N2O22/c1-14(43)39-27-20(47)10-37(35(53)54,61-33(27)29(51)22(49)12-41)59-17-6-4-16(5-7-17)24-8-18(45)26-19(46)9-25(31(57-3)32(26)58-24)60-38(36(55)56)11-21(48)28(40-15(2)44)34(62-38)30(52)23(50)13-42/h4-9,20-23,27-30,33-34,41-42,46-52H,10-13H2,1-3H3,(H,39,43)(H,40,44)(H,53,54)(H,55,56)/t20-,21-,22+,23+,27+,28+,29+,30+,33+,34+,37+,38+/m0/s1. The van der Waals surface area contributed by atoms with Crippen molar-refractivity contribution in [3.8, 4) is 34.3 Å². The highest BCUT2D eigenvalue weighted by atomic mass is 16.7. The summed E-state index contributed by atoms with van der Waals surface area (Å²) < 4.78 is 34.2. The number of fused-ring (bicyclic) bond motifs is 1. The van der Waals surface area contributed by atoms with Gasteiger partial charge in [-0.2, -0.15) is 0 Å². The number of phenols is 1. The van der Waals surface area contributed by atoms with Crippen molar-refractivity contribution in [2.24, 2.45) is 0 Å². The molecule has 24 nitrogen and oxygen atoms in total. The second-order valence-electron chi connectivity index (χ2n) is 14.6. The highest BCUT2D eigenvalue weighted by Gasteiger charge is 2.58. The number of benzene rings is 2. The Bertz CT molecular complexity index is 2200. The highest BCUT2D eigenvalue weighted by Crippen LogP contribution is 2.45. The molecule has 13 N–H and O–H groups in total. The van der Waals surface area contributed by atoms with Crippen molar-refractivity contribution in [3.05, 3.63) is 46.6 Å². The SMILES string of the molecule is COc1c(O[C@]2(C(=O)O)C[C@H](O)[C@@H](NC(C)=O)[C@H]([C@H](O)[C@H](O)CO)O2)cc(O)c2c(=O)cc(-c3ccc(O[C@]4(C(=O)O)C[C@H](O)[C@@H](NC(C)=O)[C@H]([C@H](O)[C@H](O)CO)O4)cc3)oc12. The van der Waals surface area contributed by atoms with E-state index in [1.54, 1.807) is 0 Å². The number of carboxylic acid groups (broad SMARTS) is 2. The molecule has 0 bridgehead atoms. The monoisotopic (exact) mass is 882 g/mol. The maximum atomic E-state index is 13.5. The molecule has 24 heteroatoms. The molecule has 0 unspecified atom stereocenters. The van der Waals surface area contributed by atoms with Gasteiger partial charge in [-0.15, -0.1) is 0 Å². The Kier molecular flexibility index (Phi) is 14.3. The van der Waals surface area contributed by atoms with Gasteiger partial charge in [-0.05, 0) is 24.3 Å². The molecule has 2 aliphatic rings. The minimum Gasteiger partial charge on any atom is -0.507 e. The van der Waals surface area contributed by atoms with Gasteiger partial charge in [0.25, 0.3) is 0 Å². The van der Waals surface area contributed by atoms with Gasteiger partial charge in [0.1, 0.15) is 59.3 Å². The number of aliphatic carboxylic acids is 2. The number of aliphatic hydroxyl groups excluding tert-OH is 8. The summed E-state index contributed by atoms with van der Waals surface area (Å²) in [6, 6.07) is 3.70. The van der Waals surface area contributed by atoms with Crippen molar-refractivity contribution >= 4 is 34.7 Å².